The van der Waals surface area contributed by atoms with Crippen LogP contribution in [0.1, 0.15) is 10.4 Å². The molecular formula is C18H17N5O6. The van der Waals surface area contributed by atoms with Crippen molar-refractivity contribution in [3.8, 4) is 22.9 Å². The van der Waals surface area contributed by atoms with Crippen molar-refractivity contribution in [2.24, 2.45) is 0 Å². The van der Waals surface area contributed by atoms with Crippen LogP contribution in [0, 0.1) is 0 Å². The summed E-state index contributed by atoms with van der Waals surface area (Å²) in [6.07, 6.45) is 3.21. The van der Waals surface area contributed by atoms with Crippen molar-refractivity contribution in [1.29, 1.82) is 0 Å². The zero-order chi connectivity index (χ0) is 20.6. The number of rotatable bonds is 8. The minimum Gasteiger partial charge on any atom is -0.493 e. The standard InChI is InChI=1S/C18H17N5O6/c1-26-14-9-12(3-4-13(14)28-10-15(24)27-2)17(25)21-22-18-20-16(23-29-18)11-5-7-19-8-6-11/h3-9H,10H2,1-2H3,(H,21,25)(H,20,22,23). The van der Waals surface area contributed by atoms with E-state index in [0.717, 1.165) is 5.56 Å². The SMILES string of the molecule is COC(=O)COc1ccc(C(=O)NNc2nc(-c3ccncc3)no2)cc1OC. The van der Waals surface area contributed by atoms with Gasteiger partial charge in [-0.2, -0.15) is 4.98 Å². The van der Waals surface area contributed by atoms with Gasteiger partial charge in [0.1, 0.15) is 0 Å². The van der Waals surface area contributed by atoms with Crippen LogP contribution in [0.3, 0.4) is 0 Å². The lowest BCUT2D eigenvalue weighted by molar-refractivity contribution is -0.142. The average molecular weight is 399 g/mol. The van der Waals surface area contributed by atoms with Crippen LogP contribution in [0.25, 0.3) is 11.4 Å². The predicted molar refractivity (Wildman–Crippen MR) is 99.1 cm³/mol. The summed E-state index contributed by atoms with van der Waals surface area (Å²) >= 11 is 0. The van der Waals surface area contributed by atoms with E-state index in [-0.39, 0.29) is 23.9 Å². The highest BCUT2D eigenvalue weighted by atomic mass is 16.6. The van der Waals surface area contributed by atoms with E-state index in [1.807, 2.05) is 0 Å². The topological polar surface area (TPSA) is 138 Å². The van der Waals surface area contributed by atoms with Crippen molar-refractivity contribution in [2.75, 3.05) is 26.3 Å². The number of benzene rings is 1. The van der Waals surface area contributed by atoms with Gasteiger partial charge in [-0.15, -0.1) is 0 Å². The minimum atomic E-state index is -0.538. The van der Waals surface area contributed by atoms with Gasteiger partial charge in [0.05, 0.1) is 14.2 Å². The molecule has 0 aliphatic heterocycles. The number of pyridine rings is 1. The summed E-state index contributed by atoms with van der Waals surface area (Å²) in [6, 6.07) is 7.93. The fourth-order valence-corrected chi connectivity index (χ4v) is 2.20. The summed E-state index contributed by atoms with van der Waals surface area (Å²) in [5, 5.41) is 3.82. The van der Waals surface area contributed by atoms with E-state index in [0.29, 0.717) is 11.6 Å². The minimum absolute atomic E-state index is 0.00941. The number of methoxy groups -OCH3 is 2. The summed E-state index contributed by atoms with van der Waals surface area (Å²) in [7, 11) is 2.67. The number of amides is 1. The van der Waals surface area contributed by atoms with E-state index >= 15 is 0 Å². The first-order valence-electron chi connectivity index (χ1n) is 8.29. The first-order valence-corrected chi connectivity index (χ1v) is 8.29. The third kappa shape index (κ3) is 4.97. The van der Waals surface area contributed by atoms with Crippen LogP contribution in [-0.2, 0) is 9.53 Å². The second-order valence-corrected chi connectivity index (χ2v) is 5.47. The number of esters is 1. The van der Waals surface area contributed by atoms with Gasteiger partial charge in [0.2, 0.25) is 5.82 Å². The summed E-state index contributed by atoms with van der Waals surface area (Å²) in [5.74, 6) is -0.103. The molecule has 0 spiro atoms. The first kappa shape index (κ1) is 19.6. The highest BCUT2D eigenvalue weighted by molar-refractivity contribution is 5.95. The molecule has 2 N–H and O–H groups in total. The van der Waals surface area contributed by atoms with Gasteiger partial charge in [0, 0.05) is 23.5 Å². The molecule has 0 fully saturated rings. The van der Waals surface area contributed by atoms with Crippen LogP contribution in [-0.4, -0.2) is 47.8 Å². The number of anilines is 1. The highest BCUT2D eigenvalue weighted by Crippen LogP contribution is 2.28. The zero-order valence-corrected chi connectivity index (χ0v) is 15.5. The van der Waals surface area contributed by atoms with Crippen LogP contribution in [0.5, 0.6) is 11.5 Å². The molecule has 2 heterocycles. The third-order valence-electron chi connectivity index (χ3n) is 3.65. The molecule has 0 unspecified atom stereocenters. The Kier molecular flexibility index (Phi) is 6.20. The number of hydrogen-bond acceptors (Lipinski definition) is 10. The number of carbonyl (C=O) groups is 2. The second kappa shape index (κ2) is 9.17. The normalized spacial score (nSPS) is 10.1. The Morgan fingerprint density at radius 2 is 1.90 bits per heavy atom. The fourth-order valence-electron chi connectivity index (χ4n) is 2.20. The lowest BCUT2D eigenvalue weighted by Crippen LogP contribution is -2.29. The fraction of sp³-hybridized carbons (Fsp3) is 0.167. The van der Waals surface area contributed by atoms with Crippen molar-refractivity contribution in [1.82, 2.24) is 20.6 Å². The number of nitrogens with zero attached hydrogens (tertiary/aromatic N) is 3. The van der Waals surface area contributed by atoms with E-state index < -0.39 is 11.9 Å². The maximum atomic E-state index is 12.3. The first-order chi connectivity index (χ1) is 14.1. The predicted octanol–water partition coefficient (Wildman–Crippen LogP) is 1.45. The monoisotopic (exact) mass is 399 g/mol. The molecule has 11 heteroatoms. The number of ether oxygens (including phenoxy) is 3. The van der Waals surface area contributed by atoms with Crippen LogP contribution in [0.4, 0.5) is 6.01 Å². The highest BCUT2D eigenvalue weighted by Gasteiger charge is 2.14. The molecule has 0 saturated carbocycles. The van der Waals surface area contributed by atoms with E-state index in [1.54, 1.807) is 24.5 Å². The van der Waals surface area contributed by atoms with Crippen LogP contribution >= 0.6 is 0 Å². The van der Waals surface area contributed by atoms with Gasteiger partial charge in [-0.05, 0) is 30.3 Å². The molecule has 29 heavy (non-hydrogen) atoms. The summed E-state index contributed by atoms with van der Waals surface area (Å²) in [4.78, 5) is 31.6. The lowest BCUT2D eigenvalue weighted by atomic mass is 10.2. The number of hydrazine groups is 1. The van der Waals surface area contributed by atoms with Gasteiger partial charge < -0.3 is 18.7 Å². The molecule has 150 valence electrons. The molecule has 1 aromatic carbocycles. The Morgan fingerprint density at radius 3 is 2.62 bits per heavy atom. The smallest absolute Gasteiger partial charge is 0.343 e. The van der Waals surface area contributed by atoms with Gasteiger partial charge in [-0.25, -0.2) is 10.2 Å². The lowest BCUT2D eigenvalue weighted by Gasteiger charge is -2.11. The molecule has 3 rings (SSSR count). The Labute approximate surface area is 165 Å². The Bertz CT molecular complexity index is 991. The van der Waals surface area contributed by atoms with Crippen LogP contribution < -0.4 is 20.3 Å². The molecule has 0 atom stereocenters. The molecule has 0 saturated heterocycles. The maximum Gasteiger partial charge on any atom is 0.343 e. The van der Waals surface area contributed by atoms with Crippen LogP contribution in [0.15, 0.2) is 47.2 Å². The van der Waals surface area contributed by atoms with Crippen LogP contribution in [0.2, 0.25) is 0 Å². The van der Waals surface area contributed by atoms with E-state index in [2.05, 4.69) is 30.7 Å². The van der Waals surface area contributed by atoms with E-state index in [1.165, 1.54) is 32.4 Å². The second-order valence-electron chi connectivity index (χ2n) is 5.47. The van der Waals surface area contributed by atoms with Crippen molar-refractivity contribution in [2.45, 2.75) is 0 Å². The van der Waals surface area contributed by atoms with E-state index in [4.69, 9.17) is 14.0 Å². The van der Waals surface area contributed by atoms with Crippen molar-refractivity contribution in [3.63, 3.8) is 0 Å². The Morgan fingerprint density at radius 1 is 1.10 bits per heavy atom. The number of aromatic nitrogens is 3. The number of hydrogen-bond donors (Lipinski definition) is 2. The molecule has 2 aromatic heterocycles. The molecule has 0 radical (unpaired) electrons. The maximum absolute atomic E-state index is 12.3. The Balaban J connectivity index is 1.62. The van der Waals surface area contributed by atoms with Crippen molar-refractivity contribution in [3.05, 3.63) is 48.3 Å². The number of carbonyl (C=O) groups excluding carboxylic acids is 2. The van der Waals surface area contributed by atoms with Gasteiger partial charge in [0.25, 0.3) is 5.91 Å². The summed E-state index contributed by atoms with van der Waals surface area (Å²) in [6.45, 7) is -0.281. The van der Waals surface area contributed by atoms with E-state index in [9.17, 15) is 9.59 Å². The molecule has 3 aromatic rings. The van der Waals surface area contributed by atoms with Crippen molar-refractivity contribution >= 4 is 17.9 Å². The molecule has 0 bridgehead atoms. The van der Waals surface area contributed by atoms with Crippen molar-refractivity contribution < 1.29 is 28.3 Å². The summed E-state index contributed by atoms with van der Waals surface area (Å²) < 4.78 is 20.0. The quantitative estimate of drug-likeness (QED) is 0.423. The zero-order valence-electron chi connectivity index (χ0n) is 15.5. The Hall–Kier alpha value is -4.15. The molecule has 0 aliphatic rings. The van der Waals surface area contributed by atoms with Gasteiger partial charge >= 0.3 is 12.0 Å². The summed E-state index contributed by atoms with van der Waals surface area (Å²) in [5.41, 5.74) is 5.98. The average Bonchev–Trinajstić information content (AvgIpc) is 3.25. The molecule has 11 nitrogen and oxygen atoms in total. The molecule has 0 aliphatic carbocycles. The largest absolute Gasteiger partial charge is 0.493 e. The molecule has 1 amide bonds. The third-order valence-corrected chi connectivity index (χ3v) is 3.65. The van der Waals surface area contributed by atoms with Gasteiger partial charge in [0.15, 0.2) is 18.1 Å². The number of nitrogens with one attached hydrogen (secondary N) is 2. The van der Waals surface area contributed by atoms with Gasteiger partial charge in [-0.3, -0.25) is 15.2 Å². The molecular weight excluding hydrogens is 382 g/mol. The van der Waals surface area contributed by atoms with Gasteiger partial charge in [-0.1, -0.05) is 5.16 Å².